The maximum atomic E-state index is 4.61. The van der Waals surface area contributed by atoms with Crippen LogP contribution in [0.2, 0.25) is 0 Å². The number of nitrogens with zero attached hydrogens (tertiary/aromatic N) is 5. The monoisotopic (exact) mass is 336 g/mol. The number of hydrogen-bond donors (Lipinski definition) is 1. The molecule has 0 aliphatic carbocycles. The predicted octanol–water partition coefficient (Wildman–Crippen LogP) is 0.586. The largest absolute Gasteiger partial charge is 0.336 e. The molecule has 2 aromatic heterocycles. The van der Waals surface area contributed by atoms with Crippen LogP contribution in [0.5, 0.6) is 0 Å². The van der Waals surface area contributed by atoms with Crippen molar-refractivity contribution in [1.82, 2.24) is 24.8 Å². The third kappa shape index (κ3) is 2.10. The molecule has 0 amide bonds. The zero-order chi connectivity index (χ0) is 13.5. The van der Waals surface area contributed by atoms with Crippen LogP contribution in [0.1, 0.15) is 0 Å². The number of piperazine rings is 1. The van der Waals surface area contributed by atoms with Crippen LogP contribution in [0.25, 0.3) is 5.65 Å². The van der Waals surface area contributed by atoms with E-state index >= 15 is 0 Å². The summed E-state index contributed by atoms with van der Waals surface area (Å²) in [6.07, 6.45) is 1.93. The smallest absolute Gasteiger partial charge is 0.245 e. The van der Waals surface area contributed by atoms with Gasteiger partial charge in [-0.1, -0.05) is 0 Å². The van der Waals surface area contributed by atoms with Gasteiger partial charge in [-0.05, 0) is 28.1 Å². The summed E-state index contributed by atoms with van der Waals surface area (Å²) in [4.78, 5) is 9.44. The Hall–Kier alpha value is -1.18. The van der Waals surface area contributed by atoms with Crippen molar-refractivity contribution < 1.29 is 0 Å². The SMILES string of the molecule is Brc1cccn2nc(N3CC(N4CCNCC4)C3)nc12. The molecule has 0 spiro atoms. The Morgan fingerprint density at radius 1 is 1.25 bits per heavy atom. The fourth-order valence-electron chi connectivity index (χ4n) is 2.89. The predicted molar refractivity (Wildman–Crippen MR) is 81.1 cm³/mol. The van der Waals surface area contributed by atoms with Gasteiger partial charge in [0.05, 0.1) is 4.47 Å². The molecule has 2 fully saturated rings. The van der Waals surface area contributed by atoms with Gasteiger partial charge in [0.2, 0.25) is 5.95 Å². The van der Waals surface area contributed by atoms with Crippen molar-refractivity contribution in [3.05, 3.63) is 22.8 Å². The first-order valence-electron chi connectivity index (χ1n) is 7.02. The Kier molecular flexibility index (Phi) is 3.13. The Morgan fingerprint density at radius 2 is 2.05 bits per heavy atom. The number of fused-ring (bicyclic) bond motifs is 1. The number of nitrogens with one attached hydrogen (secondary N) is 1. The molecule has 2 aliphatic heterocycles. The van der Waals surface area contributed by atoms with Gasteiger partial charge in [0, 0.05) is 51.5 Å². The average molecular weight is 337 g/mol. The normalized spacial score (nSPS) is 21.4. The van der Waals surface area contributed by atoms with Gasteiger partial charge in [-0.3, -0.25) is 4.90 Å². The zero-order valence-electron chi connectivity index (χ0n) is 11.2. The van der Waals surface area contributed by atoms with E-state index in [2.05, 4.69) is 41.1 Å². The summed E-state index contributed by atoms with van der Waals surface area (Å²) in [5.74, 6) is 0.836. The molecule has 0 bridgehead atoms. The first-order valence-corrected chi connectivity index (χ1v) is 7.81. The molecule has 106 valence electrons. The quantitative estimate of drug-likeness (QED) is 0.869. The highest BCUT2D eigenvalue weighted by Crippen LogP contribution is 2.23. The van der Waals surface area contributed by atoms with Crippen molar-refractivity contribution in [1.29, 1.82) is 0 Å². The molecule has 0 saturated carbocycles. The summed E-state index contributed by atoms with van der Waals surface area (Å²) < 4.78 is 2.82. The van der Waals surface area contributed by atoms with Gasteiger partial charge in [-0.2, -0.15) is 4.98 Å². The Bertz CT molecular complexity index is 614. The molecule has 2 saturated heterocycles. The lowest BCUT2D eigenvalue weighted by Crippen LogP contribution is -2.63. The highest BCUT2D eigenvalue weighted by Gasteiger charge is 2.34. The fourth-order valence-corrected chi connectivity index (χ4v) is 3.32. The second-order valence-corrected chi connectivity index (χ2v) is 6.24. The van der Waals surface area contributed by atoms with Crippen molar-refractivity contribution in [3.63, 3.8) is 0 Å². The summed E-state index contributed by atoms with van der Waals surface area (Å²) >= 11 is 3.52. The lowest BCUT2D eigenvalue weighted by Gasteiger charge is -2.46. The van der Waals surface area contributed by atoms with Crippen LogP contribution in [0.4, 0.5) is 5.95 Å². The molecular formula is C13H17BrN6. The van der Waals surface area contributed by atoms with E-state index in [1.807, 2.05) is 22.8 Å². The molecule has 7 heteroatoms. The first kappa shape index (κ1) is 12.6. The summed E-state index contributed by atoms with van der Waals surface area (Å²) in [5.41, 5.74) is 0.883. The van der Waals surface area contributed by atoms with Crippen molar-refractivity contribution in [2.45, 2.75) is 6.04 Å². The summed E-state index contributed by atoms with van der Waals surface area (Å²) in [5, 5.41) is 7.94. The summed E-state index contributed by atoms with van der Waals surface area (Å²) in [6, 6.07) is 4.62. The van der Waals surface area contributed by atoms with E-state index in [0.717, 1.165) is 55.3 Å². The van der Waals surface area contributed by atoms with E-state index in [-0.39, 0.29) is 0 Å². The number of hydrogen-bond acceptors (Lipinski definition) is 5. The zero-order valence-corrected chi connectivity index (χ0v) is 12.8. The van der Waals surface area contributed by atoms with Crippen molar-refractivity contribution in [2.24, 2.45) is 0 Å². The van der Waals surface area contributed by atoms with Gasteiger partial charge in [0.15, 0.2) is 5.65 Å². The molecule has 2 aliphatic rings. The van der Waals surface area contributed by atoms with Crippen LogP contribution < -0.4 is 10.2 Å². The average Bonchev–Trinajstić information content (AvgIpc) is 2.83. The first-order chi connectivity index (χ1) is 9.81. The lowest BCUT2D eigenvalue weighted by atomic mass is 10.1. The Balaban J connectivity index is 1.47. The molecule has 2 aromatic rings. The number of pyridine rings is 1. The van der Waals surface area contributed by atoms with E-state index in [9.17, 15) is 0 Å². The molecule has 4 rings (SSSR count). The van der Waals surface area contributed by atoms with E-state index in [1.165, 1.54) is 0 Å². The van der Waals surface area contributed by atoms with Gasteiger partial charge in [-0.15, -0.1) is 5.10 Å². The molecule has 0 aromatic carbocycles. The third-order valence-corrected chi connectivity index (χ3v) is 4.74. The number of halogens is 1. The highest BCUT2D eigenvalue weighted by molar-refractivity contribution is 9.10. The number of rotatable bonds is 2. The minimum atomic E-state index is 0.659. The van der Waals surface area contributed by atoms with Crippen LogP contribution >= 0.6 is 15.9 Å². The van der Waals surface area contributed by atoms with E-state index in [4.69, 9.17) is 0 Å². The van der Waals surface area contributed by atoms with Crippen LogP contribution in [-0.2, 0) is 0 Å². The van der Waals surface area contributed by atoms with Gasteiger partial charge >= 0.3 is 0 Å². The van der Waals surface area contributed by atoms with Crippen molar-refractivity contribution >= 4 is 27.5 Å². The van der Waals surface area contributed by atoms with Crippen LogP contribution in [-0.4, -0.2) is 64.8 Å². The maximum Gasteiger partial charge on any atom is 0.245 e. The molecule has 0 unspecified atom stereocenters. The third-order valence-electron chi connectivity index (χ3n) is 4.12. The number of aromatic nitrogens is 3. The van der Waals surface area contributed by atoms with Gasteiger partial charge in [0.1, 0.15) is 0 Å². The van der Waals surface area contributed by atoms with Crippen molar-refractivity contribution in [3.8, 4) is 0 Å². The molecule has 0 radical (unpaired) electrons. The minimum Gasteiger partial charge on any atom is -0.336 e. The molecular weight excluding hydrogens is 320 g/mol. The van der Waals surface area contributed by atoms with Crippen molar-refractivity contribution in [2.75, 3.05) is 44.2 Å². The molecule has 20 heavy (non-hydrogen) atoms. The Morgan fingerprint density at radius 3 is 2.80 bits per heavy atom. The van der Waals surface area contributed by atoms with Gasteiger partial charge in [-0.25, -0.2) is 4.52 Å². The van der Waals surface area contributed by atoms with E-state index < -0.39 is 0 Å². The van der Waals surface area contributed by atoms with E-state index in [1.54, 1.807) is 0 Å². The Labute approximate surface area is 125 Å². The second kappa shape index (κ2) is 4.98. The van der Waals surface area contributed by atoms with E-state index in [0.29, 0.717) is 6.04 Å². The second-order valence-electron chi connectivity index (χ2n) is 5.38. The summed E-state index contributed by atoms with van der Waals surface area (Å²) in [6.45, 7) is 6.60. The molecule has 0 atom stereocenters. The summed E-state index contributed by atoms with van der Waals surface area (Å²) in [7, 11) is 0. The molecule has 6 nitrogen and oxygen atoms in total. The standard InChI is InChI=1S/C13H17BrN6/c14-11-2-1-5-20-12(11)16-13(17-20)19-8-10(9-19)18-6-3-15-4-7-18/h1-2,5,10,15H,3-4,6-9H2. The minimum absolute atomic E-state index is 0.659. The van der Waals surface area contributed by atoms with Gasteiger partial charge < -0.3 is 10.2 Å². The van der Waals surface area contributed by atoms with Crippen LogP contribution in [0.3, 0.4) is 0 Å². The maximum absolute atomic E-state index is 4.61. The van der Waals surface area contributed by atoms with Crippen LogP contribution in [0.15, 0.2) is 22.8 Å². The number of anilines is 1. The molecule has 1 N–H and O–H groups in total. The fraction of sp³-hybridized carbons (Fsp3) is 0.538. The van der Waals surface area contributed by atoms with Crippen LogP contribution in [0, 0.1) is 0 Å². The van der Waals surface area contributed by atoms with Gasteiger partial charge in [0.25, 0.3) is 0 Å². The lowest BCUT2D eigenvalue weighted by molar-refractivity contribution is 0.146. The molecule has 4 heterocycles. The highest BCUT2D eigenvalue weighted by atomic mass is 79.9. The topological polar surface area (TPSA) is 48.7 Å².